The number of hydrogen-bond acceptors (Lipinski definition) is 3. The minimum atomic E-state index is -2.03. The third kappa shape index (κ3) is 3.88. The van der Waals surface area contributed by atoms with E-state index in [2.05, 4.69) is 0 Å². The topological polar surface area (TPSA) is 94.8 Å². The number of aliphatic hydroxyl groups is 1. The zero-order valence-corrected chi connectivity index (χ0v) is 9.17. The Morgan fingerprint density at radius 2 is 1.82 bits per heavy atom. The highest BCUT2D eigenvalue weighted by atomic mass is 18.2. The lowest BCUT2D eigenvalue weighted by molar-refractivity contribution is -0.160. The van der Waals surface area contributed by atoms with Crippen molar-refractivity contribution in [3.8, 4) is 0 Å². The van der Waals surface area contributed by atoms with Crippen molar-refractivity contribution in [2.75, 3.05) is 0 Å². The molecule has 92 valence electrons. The summed E-state index contributed by atoms with van der Waals surface area (Å²) in [6.45, 7) is 0. The fourth-order valence-electron chi connectivity index (χ4n) is 1.52. The molecule has 0 saturated carbocycles. The van der Waals surface area contributed by atoms with Crippen LogP contribution in [0.15, 0.2) is 30.3 Å². The van der Waals surface area contributed by atoms with Crippen LogP contribution in [0.3, 0.4) is 0 Å². The minimum absolute atomic E-state index is 0.101. The van der Waals surface area contributed by atoms with Crippen molar-refractivity contribution in [3.05, 3.63) is 35.9 Å². The Kier molecular flexibility index (Phi) is 4.23. The second kappa shape index (κ2) is 5.45. The van der Waals surface area contributed by atoms with Crippen LogP contribution < -0.4 is 0 Å². The van der Waals surface area contributed by atoms with Gasteiger partial charge in [0.15, 0.2) is 5.60 Å². The van der Waals surface area contributed by atoms with E-state index in [-0.39, 0.29) is 19.3 Å². The first kappa shape index (κ1) is 13.2. The van der Waals surface area contributed by atoms with E-state index in [0.29, 0.717) is 5.56 Å². The van der Waals surface area contributed by atoms with Crippen molar-refractivity contribution < 1.29 is 24.9 Å². The molecule has 0 heterocycles. The number of carboxylic acid groups (broad SMARTS) is 2. The number of benzene rings is 1. The summed E-state index contributed by atoms with van der Waals surface area (Å²) in [6, 6.07) is 8.62. The average Bonchev–Trinajstić information content (AvgIpc) is 2.27. The molecule has 0 unspecified atom stereocenters. The molecule has 0 amide bonds. The zero-order valence-electron chi connectivity index (χ0n) is 9.17. The minimum Gasteiger partial charge on any atom is -0.481 e. The highest BCUT2D eigenvalue weighted by Gasteiger charge is 2.36. The van der Waals surface area contributed by atoms with E-state index >= 15 is 0 Å². The highest BCUT2D eigenvalue weighted by Crippen LogP contribution is 2.19. The molecule has 0 fully saturated rings. The highest BCUT2D eigenvalue weighted by molar-refractivity contribution is 5.78. The number of carbonyl (C=O) groups is 2. The standard InChI is InChI=1S/C12H14O5/c13-10(14)6-7-12(17,11(15)16)8-9-4-2-1-3-5-9/h1-5,17H,6-8H2,(H,13,14)(H,15,16)/t12-/m1/s1/i13+2,17+2. The van der Waals surface area contributed by atoms with Crippen molar-refractivity contribution >= 4 is 11.9 Å². The van der Waals surface area contributed by atoms with Gasteiger partial charge >= 0.3 is 11.9 Å². The van der Waals surface area contributed by atoms with Crippen LogP contribution in [0.1, 0.15) is 18.4 Å². The van der Waals surface area contributed by atoms with Gasteiger partial charge in [-0.2, -0.15) is 0 Å². The van der Waals surface area contributed by atoms with Crippen molar-refractivity contribution in [3.63, 3.8) is 0 Å². The molecule has 5 nitrogen and oxygen atoms in total. The largest absolute Gasteiger partial charge is 0.481 e. The first-order valence-electron chi connectivity index (χ1n) is 5.15. The Bertz CT molecular complexity index is 401. The summed E-state index contributed by atoms with van der Waals surface area (Å²) in [6.07, 6.45) is -0.793. The molecular formula is C12H14O5. The number of hydrogen-bond donors (Lipinski definition) is 3. The van der Waals surface area contributed by atoms with E-state index in [4.69, 9.17) is 10.2 Å². The predicted octanol–water partition coefficient (Wildman–Crippen LogP) is 0.910. The van der Waals surface area contributed by atoms with Crippen molar-refractivity contribution in [2.45, 2.75) is 24.9 Å². The Balaban J connectivity index is 2.78. The molecule has 17 heavy (non-hydrogen) atoms. The van der Waals surface area contributed by atoms with Crippen LogP contribution in [0.25, 0.3) is 0 Å². The van der Waals surface area contributed by atoms with Gasteiger partial charge in [-0.15, -0.1) is 0 Å². The lowest BCUT2D eigenvalue weighted by Crippen LogP contribution is -2.41. The van der Waals surface area contributed by atoms with E-state index in [0.717, 1.165) is 0 Å². The quantitative estimate of drug-likeness (QED) is 0.644. The molecule has 0 aliphatic heterocycles. The van der Waals surface area contributed by atoms with E-state index in [1.807, 2.05) is 0 Å². The van der Waals surface area contributed by atoms with Gasteiger partial charge in [-0.25, -0.2) is 4.79 Å². The van der Waals surface area contributed by atoms with Crippen molar-refractivity contribution in [2.24, 2.45) is 0 Å². The Labute approximate surface area is 98.3 Å². The SMILES string of the molecule is O=C([18OH])CC[C@@]([18OH])(Cc1ccccc1)C(=O)O. The summed E-state index contributed by atoms with van der Waals surface area (Å²) in [5.74, 6) is -2.53. The monoisotopic (exact) mass is 242 g/mol. The summed E-state index contributed by atoms with van der Waals surface area (Å²) >= 11 is 0. The average molecular weight is 242 g/mol. The van der Waals surface area contributed by atoms with Gasteiger partial charge in [0.25, 0.3) is 0 Å². The van der Waals surface area contributed by atoms with Gasteiger partial charge in [0.05, 0.1) is 0 Å². The Morgan fingerprint density at radius 1 is 1.24 bits per heavy atom. The maximum atomic E-state index is 11.0. The summed E-state index contributed by atoms with van der Waals surface area (Å²) in [7, 11) is 0. The number of carboxylic acids is 2. The molecular weight excluding hydrogens is 228 g/mol. The molecule has 1 aromatic rings. The zero-order chi connectivity index (χ0) is 12.9. The fourth-order valence-corrected chi connectivity index (χ4v) is 1.52. The van der Waals surface area contributed by atoms with Crippen LogP contribution in [-0.2, 0) is 16.0 Å². The molecule has 1 aromatic carbocycles. The van der Waals surface area contributed by atoms with Gasteiger partial charge in [-0.1, -0.05) is 30.3 Å². The van der Waals surface area contributed by atoms with Gasteiger partial charge < -0.3 is 15.3 Å². The van der Waals surface area contributed by atoms with Crippen LogP contribution in [-0.4, -0.2) is 32.9 Å². The van der Waals surface area contributed by atoms with Gasteiger partial charge in [-0.05, 0) is 12.0 Å². The summed E-state index contributed by atoms with van der Waals surface area (Å²) in [4.78, 5) is 21.4. The maximum Gasteiger partial charge on any atom is 0.336 e. The Hall–Kier alpha value is -1.88. The molecule has 1 atom stereocenters. The normalized spacial score (nSPS) is 13.9. The predicted molar refractivity (Wildman–Crippen MR) is 59.6 cm³/mol. The summed E-state index contributed by atoms with van der Waals surface area (Å²) < 4.78 is 0. The second-order valence-electron chi connectivity index (χ2n) is 3.89. The van der Waals surface area contributed by atoms with Crippen LogP contribution in [0.4, 0.5) is 0 Å². The van der Waals surface area contributed by atoms with E-state index < -0.39 is 17.5 Å². The second-order valence-corrected chi connectivity index (χ2v) is 3.89. The molecule has 1 rings (SSSR count). The summed E-state index contributed by atoms with van der Waals surface area (Å²) in [5, 5.41) is 27.4. The molecule has 0 aliphatic rings. The van der Waals surface area contributed by atoms with Gasteiger partial charge in [0, 0.05) is 12.8 Å². The fraction of sp³-hybridized carbons (Fsp3) is 0.333. The molecule has 0 saturated heterocycles. The first-order valence-corrected chi connectivity index (χ1v) is 5.15. The third-order valence-corrected chi connectivity index (χ3v) is 2.49. The molecule has 0 aliphatic carbocycles. The lowest BCUT2D eigenvalue weighted by atomic mass is 9.91. The van der Waals surface area contributed by atoms with Crippen molar-refractivity contribution in [1.29, 1.82) is 0 Å². The molecule has 5 heteroatoms. The third-order valence-electron chi connectivity index (χ3n) is 2.49. The summed E-state index contributed by atoms with van der Waals surface area (Å²) in [5.41, 5.74) is -1.37. The van der Waals surface area contributed by atoms with Crippen LogP contribution >= 0.6 is 0 Å². The molecule has 0 radical (unpaired) electrons. The smallest absolute Gasteiger partial charge is 0.336 e. The van der Waals surface area contributed by atoms with E-state index in [1.54, 1.807) is 30.3 Å². The van der Waals surface area contributed by atoms with Gasteiger partial charge in [0.2, 0.25) is 0 Å². The van der Waals surface area contributed by atoms with E-state index in [9.17, 15) is 14.7 Å². The maximum absolute atomic E-state index is 11.0. The van der Waals surface area contributed by atoms with Crippen LogP contribution in [0.5, 0.6) is 0 Å². The van der Waals surface area contributed by atoms with Crippen molar-refractivity contribution in [1.82, 2.24) is 0 Å². The molecule has 0 bridgehead atoms. The van der Waals surface area contributed by atoms with E-state index in [1.165, 1.54) is 0 Å². The van der Waals surface area contributed by atoms with Gasteiger partial charge in [-0.3, -0.25) is 4.79 Å². The van der Waals surface area contributed by atoms with Crippen LogP contribution in [0, 0.1) is 0 Å². The first-order chi connectivity index (χ1) is 7.94. The lowest BCUT2D eigenvalue weighted by Gasteiger charge is -2.22. The van der Waals surface area contributed by atoms with Gasteiger partial charge in [0.1, 0.15) is 0 Å². The Morgan fingerprint density at radius 3 is 2.29 bits per heavy atom. The molecule has 3 N–H and O–H groups in total. The van der Waals surface area contributed by atoms with Crippen LogP contribution in [0.2, 0.25) is 0 Å². The number of rotatable bonds is 6. The number of aliphatic carboxylic acids is 2. The molecule has 0 spiro atoms. The molecule has 0 aromatic heterocycles.